The van der Waals surface area contributed by atoms with Crippen LogP contribution in [0.2, 0.25) is 0 Å². The number of rotatable bonds is 6. The summed E-state index contributed by atoms with van der Waals surface area (Å²) >= 11 is 0. The van der Waals surface area contributed by atoms with Crippen LogP contribution in [-0.4, -0.2) is 57.2 Å². The first-order valence-corrected chi connectivity index (χ1v) is 10.3. The quantitative estimate of drug-likeness (QED) is 0.578. The standard InChI is InChI=1S/C22H33N3O4/c1-15(24-23-3)22(2)14-25(21(26)28-5)13-18(22)16-10-11-19(27-4)20(12-16)29-17-8-6-7-9-17/h10-12,17-18,23H,6-9,13-14H2,1-5H3/t18?,22-/m1/s1. The third-order valence-corrected chi connectivity index (χ3v) is 6.42. The minimum Gasteiger partial charge on any atom is -0.493 e. The molecule has 1 aliphatic carbocycles. The van der Waals surface area contributed by atoms with Gasteiger partial charge in [0.15, 0.2) is 11.5 Å². The largest absolute Gasteiger partial charge is 0.493 e. The lowest BCUT2D eigenvalue weighted by atomic mass is 9.73. The van der Waals surface area contributed by atoms with E-state index in [4.69, 9.17) is 14.2 Å². The van der Waals surface area contributed by atoms with E-state index in [1.165, 1.54) is 20.0 Å². The highest BCUT2D eigenvalue weighted by molar-refractivity contribution is 5.90. The van der Waals surface area contributed by atoms with E-state index in [2.05, 4.69) is 29.6 Å². The monoisotopic (exact) mass is 403 g/mol. The lowest BCUT2D eigenvalue weighted by Crippen LogP contribution is -2.36. The molecule has 0 aromatic heterocycles. The number of hydrogen-bond acceptors (Lipinski definition) is 6. The number of nitrogens with one attached hydrogen (secondary N) is 1. The Morgan fingerprint density at radius 2 is 1.97 bits per heavy atom. The Kier molecular flexibility index (Phi) is 6.55. The third-order valence-electron chi connectivity index (χ3n) is 6.42. The van der Waals surface area contributed by atoms with Gasteiger partial charge in [0.05, 0.1) is 20.3 Å². The first-order chi connectivity index (χ1) is 13.9. The van der Waals surface area contributed by atoms with Gasteiger partial charge in [-0.05, 0) is 50.3 Å². The molecular formula is C22H33N3O4. The van der Waals surface area contributed by atoms with E-state index < -0.39 is 0 Å². The van der Waals surface area contributed by atoms with E-state index in [9.17, 15) is 4.79 Å². The van der Waals surface area contributed by atoms with Crippen LogP contribution in [0.1, 0.15) is 51.0 Å². The van der Waals surface area contributed by atoms with Gasteiger partial charge in [0.2, 0.25) is 0 Å². The second-order valence-electron chi connectivity index (χ2n) is 8.18. The van der Waals surface area contributed by atoms with Gasteiger partial charge in [-0.3, -0.25) is 0 Å². The molecule has 3 rings (SSSR count). The molecule has 0 radical (unpaired) electrons. The summed E-state index contributed by atoms with van der Waals surface area (Å²) in [6.07, 6.45) is 4.51. The Morgan fingerprint density at radius 3 is 2.59 bits per heavy atom. The zero-order valence-electron chi connectivity index (χ0n) is 18.2. The predicted molar refractivity (Wildman–Crippen MR) is 113 cm³/mol. The number of carbonyl (C=O) groups is 1. The highest BCUT2D eigenvalue weighted by atomic mass is 16.5. The number of nitrogens with zero attached hydrogens (tertiary/aromatic N) is 2. The SMILES string of the molecule is CNN=C(C)[C@@]1(C)CN(C(=O)OC)CC1c1ccc(OC)c(OC2CCCC2)c1. The molecule has 1 saturated carbocycles. The fourth-order valence-corrected chi connectivity index (χ4v) is 4.58. The van der Waals surface area contributed by atoms with Crippen molar-refractivity contribution in [2.75, 3.05) is 34.4 Å². The van der Waals surface area contributed by atoms with E-state index in [1.807, 2.05) is 13.0 Å². The van der Waals surface area contributed by atoms with Gasteiger partial charge in [-0.15, -0.1) is 0 Å². The smallest absolute Gasteiger partial charge is 0.409 e. The van der Waals surface area contributed by atoms with Gasteiger partial charge >= 0.3 is 6.09 Å². The molecule has 2 aliphatic rings. The molecule has 1 unspecified atom stereocenters. The number of benzene rings is 1. The zero-order valence-corrected chi connectivity index (χ0v) is 18.2. The molecule has 1 heterocycles. The van der Waals surface area contributed by atoms with Gasteiger partial charge in [-0.1, -0.05) is 13.0 Å². The van der Waals surface area contributed by atoms with E-state index in [0.717, 1.165) is 35.6 Å². The van der Waals surface area contributed by atoms with Crippen molar-refractivity contribution in [3.05, 3.63) is 23.8 Å². The number of methoxy groups -OCH3 is 2. The number of hydrogen-bond donors (Lipinski definition) is 1. The molecule has 7 nitrogen and oxygen atoms in total. The number of hydrazone groups is 1. The van der Waals surface area contributed by atoms with Crippen LogP contribution in [0.4, 0.5) is 4.79 Å². The molecule has 1 aliphatic heterocycles. The van der Waals surface area contributed by atoms with Crippen LogP contribution in [0, 0.1) is 5.41 Å². The molecule has 7 heteroatoms. The molecule has 1 aromatic carbocycles. The molecule has 2 atom stereocenters. The second-order valence-corrected chi connectivity index (χ2v) is 8.18. The third kappa shape index (κ3) is 4.28. The minimum absolute atomic E-state index is 0.0653. The summed E-state index contributed by atoms with van der Waals surface area (Å²) in [5, 5.41) is 4.44. The van der Waals surface area contributed by atoms with Crippen LogP contribution in [0.15, 0.2) is 23.3 Å². The average molecular weight is 404 g/mol. The molecule has 1 aromatic rings. The molecule has 0 spiro atoms. The van der Waals surface area contributed by atoms with E-state index in [0.29, 0.717) is 13.1 Å². The molecule has 1 amide bonds. The van der Waals surface area contributed by atoms with Crippen LogP contribution < -0.4 is 14.9 Å². The number of amides is 1. The van der Waals surface area contributed by atoms with Crippen molar-refractivity contribution in [3.63, 3.8) is 0 Å². The van der Waals surface area contributed by atoms with Gasteiger partial charge in [0.25, 0.3) is 0 Å². The summed E-state index contributed by atoms with van der Waals surface area (Å²) in [7, 11) is 4.87. The average Bonchev–Trinajstić information content (AvgIpc) is 3.36. The van der Waals surface area contributed by atoms with Crippen molar-refractivity contribution in [3.8, 4) is 11.5 Å². The lowest BCUT2D eigenvalue weighted by Gasteiger charge is -2.31. The van der Waals surface area contributed by atoms with Gasteiger partial charge in [0, 0.05) is 37.2 Å². The Balaban J connectivity index is 1.96. The Bertz CT molecular complexity index is 760. The maximum Gasteiger partial charge on any atom is 0.409 e. The Morgan fingerprint density at radius 1 is 1.24 bits per heavy atom. The topological polar surface area (TPSA) is 72.4 Å². The normalized spacial score (nSPS) is 25.2. The van der Waals surface area contributed by atoms with E-state index >= 15 is 0 Å². The summed E-state index contributed by atoms with van der Waals surface area (Å²) < 4.78 is 16.8. The minimum atomic E-state index is -0.323. The van der Waals surface area contributed by atoms with Crippen LogP contribution in [0.25, 0.3) is 0 Å². The maximum atomic E-state index is 12.3. The predicted octanol–water partition coefficient (Wildman–Crippen LogP) is 3.78. The van der Waals surface area contributed by atoms with E-state index in [-0.39, 0.29) is 23.5 Å². The van der Waals surface area contributed by atoms with Crippen molar-refractivity contribution < 1.29 is 19.0 Å². The highest BCUT2D eigenvalue weighted by Gasteiger charge is 2.48. The first-order valence-electron chi connectivity index (χ1n) is 10.3. The first kappa shape index (κ1) is 21.3. The summed E-state index contributed by atoms with van der Waals surface area (Å²) in [5.41, 5.74) is 4.62. The van der Waals surface area contributed by atoms with Crippen LogP contribution >= 0.6 is 0 Å². The van der Waals surface area contributed by atoms with Gasteiger partial charge in [-0.2, -0.15) is 5.10 Å². The van der Waals surface area contributed by atoms with Crippen molar-refractivity contribution in [1.82, 2.24) is 10.3 Å². The highest BCUT2D eigenvalue weighted by Crippen LogP contribution is 2.46. The Hall–Kier alpha value is -2.44. The fourth-order valence-electron chi connectivity index (χ4n) is 4.58. The zero-order chi connectivity index (χ0) is 21.0. The van der Waals surface area contributed by atoms with Crippen molar-refractivity contribution in [2.45, 2.75) is 51.6 Å². The number of carbonyl (C=O) groups excluding carboxylic acids is 1. The molecule has 29 heavy (non-hydrogen) atoms. The molecule has 1 N–H and O–H groups in total. The van der Waals surface area contributed by atoms with E-state index in [1.54, 1.807) is 19.1 Å². The van der Waals surface area contributed by atoms with Gasteiger partial charge < -0.3 is 24.5 Å². The van der Waals surface area contributed by atoms with Gasteiger partial charge in [0.1, 0.15) is 0 Å². The summed E-state index contributed by atoms with van der Waals surface area (Å²) in [6, 6.07) is 6.11. The Labute approximate surface area is 173 Å². The molecule has 160 valence electrons. The van der Waals surface area contributed by atoms with Crippen molar-refractivity contribution in [2.24, 2.45) is 10.5 Å². The lowest BCUT2D eigenvalue weighted by molar-refractivity contribution is 0.130. The number of likely N-dealkylation sites (tertiary alicyclic amines) is 1. The van der Waals surface area contributed by atoms with Gasteiger partial charge in [-0.25, -0.2) is 4.79 Å². The molecular weight excluding hydrogens is 370 g/mol. The second kappa shape index (κ2) is 8.93. The molecule has 2 fully saturated rings. The van der Waals surface area contributed by atoms with Crippen LogP contribution in [-0.2, 0) is 4.74 Å². The summed E-state index contributed by atoms with van der Waals surface area (Å²) in [5.74, 6) is 1.58. The summed E-state index contributed by atoms with van der Waals surface area (Å²) in [4.78, 5) is 14.0. The van der Waals surface area contributed by atoms with Crippen molar-refractivity contribution in [1.29, 1.82) is 0 Å². The fraction of sp³-hybridized carbons (Fsp3) is 0.636. The van der Waals surface area contributed by atoms with Crippen LogP contribution in [0.5, 0.6) is 11.5 Å². The maximum absolute atomic E-state index is 12.3. The molecule has 1 saturated heterocycles. The molecule has 0 bridgehead atoms. The summed E-state index contributed by atoms with van der Waals surface area (Å²) in [6.45, 7) is 5.27. The van der Waals surface area contributed by atoms with Crippen LogP contribution in [0.3, 0.4) is 0 Å². The number of ether oxygens (including phenoxy) is 3. The van der Waals surface area contributed by atoms with Crippen molar-refractivity contribution >= 4 is 11.8 Å².